The van der Waals surface area contributed by atoms with Gasteiger partial charge in [0.2, 0.25) is 0 Å². The molecule has 5 nitrogen and oxygen atoms in total. The number of alkyl halides is 2. The number of nitrogens with zero attached hydrogens (tertiary/aromatic N) is 3. The van der Waals surface area contributed by atoms with E-state index >= 15 is 0 Å². The second kappa shape index (κ2) is 8.69. The van der Waals surface area contributed by atoms with Crippen molar-refractivity contribution in [1.82, 2.24) is 14.9 Å². The van der Waals surface area contributed by atoms with Crippen molar-refractivity contribution in [3.05, 3.63) is 59.9 Å². The standard InChI is InChI=1S/C22H24F2N4O/c1-29-19-11-5-3-9-16(19)18(28-12-6-7-13-28)14-25-21-15-8-2-4-10-17(15)26-22(27-21)20(23)24/h2-5,8-11,18,20H,6-7,12-14H2,1H3,(H,25,26,27). The van der Waals surface area contributed by atoms with Crippen LogP contribution < -0.4 is 10.1 Å². The summed E-state index contributed by atoms with van der Waals surface area (Å²) in [5.41, 5.74) is 1.59. The number of benzene rings is 2. The fourth-order valence-electron chi connectivity index (χ4n) is 3.95. The number of halogens is 2. The van der Waals surface area contributed by atoms with Gasteiger partial charge in [0.25, 0.3) is 6.43 Å². The molecule has 152 valence electrons. The number of anilines is 1. The van der Waals surface area contributed by atoms with Crippen molar-refractivity contribution in [2.24, 2.45) is 0 Å². The highest BCUT2D eigenvalue weighted by molar-refractivity contribution is 5.89. The molecule has 0 radical (unpaired) electrons. The van der Waals surface area contributed by atoms with Crippen molar-refractivity contribution in [3.8, 4) is 5.75 Å². The molecule has 29 heavy (non-hydrogen) atoms. The Kier molecular flexibility index (Phi) is 5.85. The largest absolute Gasteiger partial charge is 0.496 e. The van der Waals surface area contributed by atoms with E-state index in [0.29, 0.717) is 17.9 Å². The molecule has 1 saturated heterocycles. The molecular formula is C22H24F2N4O. The zero-order chi connectivity index (χ0) is 20.2. The predicted octanol–water partition coefficient (Wildman–Crippen LogP) is 4.83. The van der Waals surface area contributed by atoms with Gasteiger partial charge in [0.1, 0.15) is 11.6 Å². The predicted molar refractivity (Wildman–Crippen MR) is 110 cm³/mol. The summed E-state index contributed by atoms with van der Waals surface area (Å²) in [6.45, 7) is 2.53. The molecule has 1 unspecified atom stereocenters. The van der Waals surface area contributed by atoms with Crippen molar-refractivity contribution in [2.75, 3.05) is 32.1 Å². The van der Waals surface area contributed by atoms with Gasteiger partial charge in [0.15, 0.2) is 5.82 Å². The van der Waals surface area contributed by atoms with Gasteiger partial charge in [-0.1, -0.05) is 30.3 Å². The number of hydrogen-bond donors (Lipinski definition) is 1. The van der Waals surface area contributed by atoms with Crippen molar-refractivity contribution in [3.63, 3.8) is 0 Å². The van der Waals surface area contributed by atoms with Gasteiger partial charge in [-0.2, -0.15) is 0 Å². The first-order valence-corrected chi connectivity index (χ1v) is 9.83. The lowest BCUT2D eigenvalue weighted by Crippen LogP contribution is -2.31. The summed E-state index contributed by atoms with van der Waals surface area (Å²) in [7, 11) is 1.67. The van der Waals surface area contributed by atoms with E-state index in [1.54, 1.807) is 19.2 Å². The maximum absolute atomic E-state index is 13.3. The fraction of sp³-hybridized carbons (Fsp3) is 0.364. The van der Waals surface area contributed by atoms with Crippen LogP contribution in [0.2, 0.25) is 0 Å². The molecule has 1 atom stereocenters. The summed E-state index contributed by atoms with van der Waals surface area (Å²) in [6, 6.07) is 15.2. The molecule has 2 aromatic carbocycles. The average molecular weight is 398 g/mol. The van der Waals surface area contributed by atoms with Gasteiger partial charge in [-0.15, -0.1) is 0 Å². The third-order valence-electron chi connectivity index (χ3n) is 5.36. The first-order chi connectivity index (χ1) is 14.2. The quantitative estimate of drug-likeness (QED) is 0.618. The van der Waals surface area contributed by atoms with E-state index in [0.717, 1.165) is 42.6 Å². The van der Waals surface area contributed by atoms with Crippen LogP contribution in [-0.4, -0.2) is 41.6 Å². The molecule has 1 aromatic heterocycles. The Labute approximate surface area is 168 Å². The van der Waals surface area contributed by atoms with Gasteiger partial charge < -0.3 is 10.1 Å². The molecule has 1 aliphatic heterocycles. The van der Waals surface area contributed by atoms with Gasteiger partial charge in [-0.25, -0.2) is 18.7 Å². The Hall–Kier alpha value is -2.80. The average Bonchev–Trinajstić information content (AvgIpc) is 3.28. The molecule has 0 amide bonds. The number of rotatable bonds is 7. The Bertz CT molecular complexity index is 976. The summed E-state index contributed by atoms with van der Waals surface area (Å²) in [5.74, 6) is 0.804. The van der Waals surface area contributed by atoms with Crippen molar-refractivity contribution < 1.29 is 13.5 Å². The number of hydrogen-bond acceptors (Lipinski definition) is 5. The van der Waals surface area contributed by atoms with E-state index < -0.39 is 12.2 Å². The lowest BCUT2D eigenvalue weighted by atomic mass is 10.0. The van der Waals surface area contributed by atoms with E-state index in [2.05, 4.69) is 26.3 Å². The highest BCUT2D eigenvalue weighted by Gasteiger charge is 2.26. The third-order valence-corrected chi connectivity index (χ3v) is 5.36. The Balaban J connectivity index is 1.67. The number of fused-ring (bicyclic) bond motifs is 1. The van der Waals surface area contributed by atoms with E-state index in [1.165, 1.54) is 0 Å². The Morgan fingerprint density at radius 1 is 1.03 bits per heavy atom. The minimum Gasteiger partial charge on any atom is -0.496 e. The SMILES string of the molecule is COc1ccccc1C(CNc1nc(C(F)F)nc2ccccc12)N1CCCC1. The van der Waals surface area contributed by atoms with Crippen LogP contribution in [0.15, 0.2) is 48.5 Å². The van der Waals surface area contributed by atoms with Gasteiger partial charge in [0, 0.05) is 17.5 Å². The van der Waals surface area contributed by atoms with Crippen LogP contribution in [-0.2, 0) is 0 Å². The Morgan fingerprint density at radius 3 is 2.52 bits per heavy atom. The smallest absolute Gasteiger partial charge is 0.297 e. The van der Waals surface area contributed by atoms with Gasteiger partial charge in [-0.05, 0) is 44.1 Å². The molecule has 4 rings (SSSR count). The molecule has 3 aromatic rings. The molecule has 0 aliphatic carbocycles. The summed E-state index contributed by atoms with van der Waals surface area (Å²) < 4.78 is 32.2. The van der Waals surface area contributed by atoms with Gasteiger partial charge >= 0.3 is 0 Å². The molecule has 1 fully saturated rings. The number of methoxy groups -OCH3 is 1. The molecule has 1 N–H and O–H groups in total. The molecule has 7 heteroatoms. The van der Waals surface area contributed by atoms with Gasteiger partial charge in [0.05, 0.1) is 18.7 Å². The van der Waals surface area contributed by atoms with Crippen LogP contribution >= 0.6 is 0 Å². The minimum absolute atomic E-state index is 0.0531. The molecule has 2 heterocycles. The van der Waals surface area contributed by atoms with E-state index in [9.17, 15) is 8.78 Å². The lowest BCUT2D eigenvalue weighted by Gasteiger charge is -2.29. The van der Waals surface area contributed by atoms with E-state index in [-0.39, 0.29) is 6.04 Å². The maximum Gasteiger partial charge on any atom is 0.297 e. The zero-order valence-corrected chi connectivity index (χ0v) is 16.3. The number of likely N-dealkylation sites (tertiary alicyclic amines) is 1. The van der Waals surface area contributed by atoms with Crippen molar-refractivity contribution in [2.45, 2.75) is 25.3 Å². The summed E-state index contributed by atoms with van der Waals surface area (Å²) in [5, 5.41) is 4.06. The first-order valence-electron chi connectivity index (χ1n) is 9.83. The number of aromatic nitrogens is 2. The lowest BCUT2D eigenvalue weighted by molar-refractivity contribution is 0.141. The van der Waals surface area contributed by atoms with Crippen LogP contribution in [0.5, 0.6) is 5.75 Å². The second-order valence-electron chi connectivity index (χ2n) is 7.13. The maximum atomic E-state index is 13.3. The molecule has 0 bridgehead atoms. The fourth-order valence-corrected chi connectivity index (χ4v) is 3.95. The highest BCUT2D eigenvalue weighted by Crippen LogP contribution is 2.32. The van der Waals surface area contributed by atoms with Crippen LogP contribution in [0, 0.1) is 0 Å². The minimum atomic E-state index is -2.72. The zero-order valence-electron chi connectivity index (χ0n) is 16.3. The highest BCUT2D eigenvalue weighted by atomic mass is 19.3. The van der Waals surface area contributed by atoms with Crippen LogP contribution in [0.1, 0.15) is 36.7 Å². The number of nitrogens with one attached hydrogen (secondary N) is 1. The van der Waals surface area contributed by atoms with Crippen LogP contribution in [0.4, 0.5) is 14.6 Å². The van der Waals surface area contributed by atoms with E-state index in [4.69, 9.17) is 4.74 Å². The molecule has 0 saturated carbocycles. The Morgan fingerprint density at radius 2 is 1.76 bits per heavy atom. The van der Waals surface area contributed by atoms with Crippen molar-refractivity contribution in [1.29, 1.82) is 0 Å². The number of ether oxygens (including phenoxy) is 1. The van der Waals surface area contributed by atoms with Crippen LogP contribution in [0.3, 0.4) is 0 Å². The normalized spacial score (nSPS) is 15.7. The first kappa shape index (κ1) is 19.5. The monoisotopic (exact) mass is 398 g/mol. The number of para-hydroxylation sites is 2. The van der Waals surface area contributed by atoms with Crippen molar-refractivity contribution >= 4 is 16.7 Å². The van der Waals surface area contributed by atoms with Gasteiger partial charge in [-0.3, -0.25) is 4.90 Å². The third kappa shape index (κ3) is 4.15. The second-order valence-corrected chi connectivity index (χ2v) is 7.13. The topological polar surface area (TPSA) is 50.3 Å². The molecule has 1 aliphatic rings. The molecular weight excluding hydrogens is 374 g/mol. The summed E-state index contributed by atoms with van der Waals surface area (Å²) in [4.78, 5) is 10.5. The van der Waals surface area contributed by atoms with E-state index in [1.807, 2.05) is 30.3 Å². The summed E-state index contributed by atoms with van der Waals surface area (Å²) >= 11 is 0. The van der Waals surface area contributed by atoms with Crippen LogP contribution in [0.25, 0.3) is 10.9 Å². The molecule has 0 spiro atoms. The summed E-state index contributed by atoms with van der Waals surface area (Å²) in [6.07, 6.45) is -0.418.